The van der Waals surface area contributed by atoms with Crippen LogP contribution in [0.15, 0.2) is 71.8 Å². The van der Waals surface area contributed by atoms with Crippen LogP contribution >= 0.6 is 0 Å². The number of para-hydroxylation sites is 1. The molecule has 4 aromatic rings. The minimum absolute atomic E-state index is 0.0321. The van der Waals surface area contributed by atoms with Crippen LogP contribution in [-0.4, -0.2) is 63.6 Å². The average molecular weight is 511 g/mol. The molecule has 1 saturated heterocycles. The van der Waals surface area contributed by atoms with Crippen molar-refractivity contribution in [3.8, 4) is 22.6 Å². The van der Waals surface area contributed by atoms with Crippen LogP contribution in [0.4, 0.5) is 5.82 Å². The van der Waals surface area contributed by atoms with Gasteiger partial charge in [0.25, 0.3) is 5.56 Å². The number of rotatable bonds is 5. The van der Waals surface area contributed by atoms with Gasteiger partial charge in [0.15, 0.2) is 0 Å². The summed E-state index contributed by atoms with van der Waals surface area (Å²) in [5.41, 5.74) is 8.31. The van der Waals surface area contributed by atoms with Crippen molar-refractivity contribution in [1.29, 1.82) is 0 Å². The molecule has 8 heteroatoms. The van der Waals surface area contributed by atoms with Crippen LogP contribution in [-0.2, 0) is 0 Å². The third-order valence-corrected chi connectivity index (χ3v) is 8.09. The Labute approximate surface area is 222 Å². The third kappa shape index (κ3) is 4.89. The number of ether oxygens (including phenoxy) is 1. The first-order valence-corrected chi connectivity index (χ1v) is 13.5. The van der Waals surface area contributed by atoms with E-state index in [4.69, 9.17) is 10.5 Å². The summed E-state index contributed by atoms with van der Waals surface area (Å²) in [5, 5.41) is 0.716. The number of nitrogens with two attached hydrogens (primary N) is 1. The fourth-order valence-corrected chi connectivity index (χ4v) is 5.90. The Balaban J connectivity index is 1.30. The Hall–Kier alpha value is -3.75. The van der Waals surface area contributed by atoms with Gasteiger partial charge in [-0.2, -0.15) is 0 Å². The standard InChI is InChI=1S/C30H34N6O2/c1-34-15-17-35(18-16-34)22-9-11-23(12-10-22)36-29-27(28(31)32-20-33-29)19-26(30(36)37)21-7-13-25(14-8-21)38-24-5-3-2-4-6-24/h2-8,13-14,19-20,22-23H,9-12,15-18H2,1H3,(H2,31,32,33). The summed E-state index contributed by atoms with van der Waals surface area (Å²) >= 11 is 0. The van der Waals surface area contributed by atoms with Gasteiger partial charge in [-0.3, -0.25) is 14.3 Å². The average Bonchev–Trinajstić information content (AvgIpc) is 2.95. The molecule has 3 heterocycles. The Morgan fingerprint density at radius 1 is 0.842 bits per heavy atom. The van der Waals surface area contributed by atoms with Crippen molar-refractivity contribution in [2.24, 2.45) is 0 Å². The SMILES string of the molecule is CN1CCN(C2CCC(n3c(=O)c(-c4ccc(Oc5ccccc5)cc4)cc4c(N)ncnc43)CC2)CC1. The maximum atomic E-state index is 14.0. The van der Waals surface area contributed by atoms with Crippen molar-refractivity contribution in [2.45, 2.75) is 37.8 Å². The summed E-state index contributed by atoms with van der Waals surface area (Å²) in [6.45, 7) is 4.49. The second kappa shape index (κ2) is 10.6. The minimum Gasteiger partial charge on any atom is -0.457 e. The summed E-state index contributed by atoms with van der Waals surface area (Å²) in [6, 6.07) is 19.8. The summed E-state index contributed by atoms with van der Waals surface area (Å²) in [6.07, 6.45) is 5.52. The van der Waals surface area contributed by atoms with E-state index in [0.29, 0.717) is 34.2 Å². The van der Waals surface area contributed by atoms with Gasteiger partial charge in [0.1, 0.15) is 29.3 Å². The number of benzene rings is 2. The van der Waals surface area contributed by atoms with E-state index >= 15 is 0 Å². The zero-order valence-electron chi connectivity index (χ0n) is 21.8. The molecular weight excluding hydrogens is 476 g/mol. The van der Waals surface area contributed by atoms with Crippen molar-refractivity contribution < 1.29 is 4.74 Å². The van der Waals surface area contributed by atoms with Gasteiger partial charge in [0.05, 0.1) is 5.39 Å². The van der Waals surface area contributed by atoms with Crippen LogP contribution in [0.25, 0.3) is 22.2 Å². The van der Waals surface area contributed by atoms with Crippen molar-refractivity contribution in [1.82, 2.24) is 24.3 Å². The second-order valence-corrected chi connectivity index (χ2v) is 10.5. The molecule has 0 atom stereocenters. The number of piperazine rings is 1. The number of hydrogen-bond acceptors (Lipinski definition) is 7. The van der Waals surface area contributed by atoms with Gasteiger partial charge in [-0.05, 0) is 68.6 Å². The van der Waals surface area contributed by atoms with Crippen molar-refractivity contribution in [3.05, 3.63) is 77.3 Å². The number of aromatic nitrogens is 3. The number of anilines is 1. The van der Waals surface area contributed by atoms with Gasteiger partial charge in [0.2, 0.25) is 0 Å². The lowest BCUT2D eigenvalue weighted by Gasteiger charge is -2.41. The first-order valence-electron chi connectivity index (χ1n) is 13.5. The highest BCUT2D eigenvalue weighted by Gasteiger charge is 2.30. The minimum atomic E-state index is -0.0321. The van der Waals surface area contributed by atoms with Crippen LogP contribution in [0.2, 0.25) is 0 Å². The monoisotopic (exact) mass is 510 g/mol. The van der Waals surface area contributed by atoms with E-state index in [-0.39, 0.29) is 11.6 Å². The van der Waals surface area contributed by atoms with Crippen LogP contribution in [0.3, 0.4) is 0 Å². The Morgan fingerprint density at radius 2 is 1.50 bits per heavy atom. The predicted molar refractivity (Wildman–Crippen MR) is 151 cm³/mol. The van der Waals surface area contributed by atoms with Gasteiger partial charge in [-0.1, -0.05) is 30.3 Å². The maximum Gasteiger partial charge on any atom is 0.260 e. The molecule has 196 valence electrons. The number of nitrogens with zero attached hydrogens (tertiary/aromatic N) is 5. The Morgan fingerprint density at radius 3 is 2.21 bits per heavy atom. The Bertz CT molecular complexity index is 1450. The highest BCUT2D eigenvalue weighted by molar-refractivity contribution is 5.89. The smallest absolute Gasteiger partial charge is 0.260 e. The molecule has 0 radical (unpaired) electrons. The molecule has 0 unspecified atom stereocenters. The van der Waals surface area contributed by atoms with E-state index in [2.05, 4.69) is 26.8 Å². The third-order valence-electron chi connectivity index (χ3n) is 8.09. The van der Waals surface area contributed by atoms with Crippen LogP contribution < -0.4 is 16.0 Å². The highest BCUT2D eigenvalue weighted by atomic mass is 16.5. The normalized spacial score (nSPS) is 21.0. The van der Waals surface area contributed by atoms with Crippen molar-refractivity contribution in [3.63, 3.8) is 0 Å². The molecule has 0 spiro atoms. The lowest BCUT2D eigenvalue weighted by Crippen LogP contribution is -2.50. The van der Waals surface area contributed by atoms with Crippen LogP contribution in [0, 0.1) is 0 Å². The number of hydrogen-bond donors (Lipinski definition) is 1. The van der Waals surface area contributed by atoms with Gasteiger partial charge >= 0.3 is 0 Å². The summed E-state index contributed by atoms with van der Waals surface area (Å²) < 4.78 is 7.83. The molecule has 2 aliphatic rings. The molecule has 1 aliphatic heterocycles. The van der Waals surface area contributed by atoms with Gasteiger partial charge in [-0.25, -0.2) is 9.97 Å². The largest absolute Gasteiger partial charge is 0.457 e. The molecule has 38 heavy (non-hydrogen) atoms. The molecule has 6 rings (SSSR count). The van der Waals surface area contributed by atoms with E-state index in [1.165, 1.54) is 6.33 Å². The molecule has 2 fully saturated rings. The molecule has 2 aromatic heterocycles. The molecule has 1 aliphatic carbocycles. The topological polar surface area (TPSA) is 89.5 Å². The van der Waals surface area contributed by atoms with Crippen LogP contribution in [0.1, 0.15) is 31.7 Å². The highest BCUT2D eigenvalue weighted by Crippen LogP contribution is 2.34. The van der Waals surface area contributed by atoms with E-state index in [9.17, 15) is 4.79 Å². The van der Waals surface area contributed by atoms with Crippen molar-refractivity contribution in [2.75, 3.05) is 39.0 Å². The van der Waals surface area contributed by atoms with E-state index in [1.807, 2.05) is 65.2 Å². The molecule has 8 nitrogen and oxygen atoms in total. The first-order chi connectivity index (χ1) is 18.6. The number of fused-ring (bicyclic) bond motifs is 1. The number of nitrogen functional groups attached to an aromatic ring is 1. The van der Waals surface area contributed by atoms with Gasteiger partial charge < -0.3 is 15.4 Å². The fraction of sp³-hybridized carbons (Fsp3) is 0.367. The Kier molecular flexibility index (Phi) is 6.82. The molecule has 0 amide bonds. The maximum absolute atomic E-state index is 14.0. The van der Waals surface area contributed by atoms with Crippen molar-refractivity contribution >= 4 is 16.9 Å². The predicted octanol–water partition coefficient (Wildman–Crippen LogP) is 4.56. The molecular formula is C30H34N6O2. The van der Waals surface area contributed by atoms with Gasteiger partial charge in [0, 0.05) is 43.8 Å². The lowest BCUT2D eigenvalue weighted by atomic mass is 9.89. The van der Waals surface area contributed by atoms with Crippen LogP contribution in [0.5, 0.6) is 11.5 Å². The first kappa shape index (κ1) is 24.6. The molecule has 2 N–H and O–H groups in total. The fourth-order valence-electron chi connectivity index (χ4n) is 5.90. The van der Waals surface area contributed by atoms with E-state index in [0.717, 1.165) is 63.2 Å². The van der Waals surface area contributed by atoms with E-state index in [1.54, 1.807) is 0 Å². The number of likely N-dealkylation sites (N-methyl/N-ethyl adjacent to an activating group) is 1. The molecule has 0 bridgehead atoms. The quantitative estimate of drug-likeness (QED) is 0.421. The molecule has 1 saturated carbocycles. The zero-order valence-corrected chi connectivity index (χ0v) is 21.8. The summed E-state index contributed by atoms with van der Waals surface area (Å²) in [4.78, 5) is 27.8. The summed E-state index contributed by atoms with van der Waals surface area (Å²) in [7, 11) is 2.19. The number of pyridine rings is 1. The molecule has 2 aromatic carbocycles. The summed E-state index contributed by atoms with van der Waals surface area (Å²) in [5.74, 6) is 1.87. The van der Waals surface area contributed by atoms with E-state index < -0.39 is 0 Å². The van der Waals surface area contributed by atoms with Gasteiger partial charge in [-0.15, -0.1) is 0 Å². The zero-order chi connectivity index (χ0) is 26.1. The second-order valence-electron chi connectivity index (χ2n) is 10.5. The lowest BCUT2D eigenvalue weighted by molar-refractivity contribution is 0.0824.